The Hall–Kier alpha value is -2.62. The Morgan fingerprint density at radius 1 is 0.667 bits per heavy atom. The van der Waals surface area contributed by atoms with Crippen molar-refractivity contribution in [3.8, 4) is 23.0 Å². The molecule has 0 bridgehead atoms. The van der Waals surface area contributed by atoms with E-state index in [0.717, 1.165) is 5.39 Å². The van der Waals surface area contributed by atoms with Crippen molar-refractivity contribution in [1.82, 2.24) is 0 Å². The molecule has 0 unspecified atom stereocenters. The Bertz CT molecular complexity index is 778. The first-order valence-corrected chi connectivity index (χ1v) is 5.37. The van der Waals surface area contributed by atoms with Gasteiger partial charge in [-0.05, 0) is 40.4 Å². The first-order valence-electron chi connectivity index (χ1n) is 5.37. The van der Waals surface area contributed by atoms with Crippen LogP contribution in [0.25, 0.3) is 21.5 Å². The van der Waals surface area contributed by atoms with Crippen molar-refractivity contribution in [3.63, 3.8) is 0 Å². The average Bonchev–Trinajstić information content (AvgIpc) is 2.35. The summed E-state index contributed by atoms with van der Waals surface area (Å²) >= 11 is 0. The van der Waals surface area contributed by atoms with Gasteiger partial charge in [-0.2, -0.15) is 0 Å². The molecule has 0 aromatic heterocycles. The normalized spacial score (nSPS) is 11.1. The summed E-state index contributed by atoms with van der Waals surface area (Å²) in [6, 6.07) is 9.59. The van der Waals surface area contributed by atoms with Gasteiger partial charge in [0.25, 0.3) is 0 Å². The topological polar surface area (TPSA) is 80.9 Å². The van der Waals surface area contributed by atoms with E-state index in [4.69, 9.17) is 0 Å². The van der Waals surface area contributed by atoms with Crippen LogP contribution in [-0.2, 0) is 0 Å². The zero-order valence-corrected chi connectivity index (χ0v) is 9.25. The van der Waals surface area contributed by atoms with E-state index >= 15 is 0 Å². The van der Waals surface area contributed by atoms with Crippen LogP contribution in [0.1, 0.15) is 0 Å². The van der Waals surface area contributed by atoms with Crippen molar-refractivity contribution in [2.45, 2.75) is 0 Å². The Morgan fingerprint density at radius 3 is 2.17 bits per heavy atom. The Balaban J connectivity index is 2.57. The van der Waals surface area contributed by atoms with Crippen LogP contribution in [0.2, 0.25) is 0 Å². The molecule has 4 N–H and O–H groups in total. The van der Waals surface area contributed by atoms with E-state index in [1.807, 2.05) is 0 Å². The molecule has 90 valence electrons. The van der Waals surface area contributed by atoms with E-state index in [0.29, 0.717) is 16.2 Å². The largest absolute Gasteiger partial charge is 0.508 e. The van der Waals surface area contributed by atoms with Crippen LogP contribution in [0.5, 0.6) is 23.0 Å². The number of phenols is 4. The maximum atomic E-state index is 9.93. The smallest absolute Gasteiger partial charge is 0.200 e. The molecule has 3 aromatic rings. The molecule has 0 heterocycles. The second-order valence-electron chi connectivity index (χ2n) is 4.16. The number of phenolic OH excluding ortho intramolecular Hbond substituents is 4. The molecule has 3 rings (SSSR count). The fourth-order valence-electron chi connectivity index (χ4n) is 2.17. The molecule has 0 atom stereocenters. The van der Waals surface area contributed by atoms with Crippen LogP contribution in [0.4, 0.5) is 0 Å². The fourth-order valence-corrected chi connectivity index (χ4v) is 2.17. The van der Waals surface area contributed by atoms with Crippen LogP contribution >= 0.6 is 0 Å². The van der Waals surface area contributed by atoms with Gasteiger partial charge in [-0.25, -0.2) is 0 Å². The van der Waals surface area contributed by atoms with Gasteiger partial charge in [0.1, 0.15) is 5.75 Å². The second-order valence-corrected chi connectivity index (χ2v) is 4.16. The second kappa shape index (κ2) is 3.43. The van der Waals surface area contributed by atoms with E-state index in [1.54, 1.807) is 24.3 Å². The predicted molar refractivity (Wildman–Crippen MR) is 68.1 cm³/mol. The monoisotopic (exact) mass is 242 g/mol. The summed E-state index contributed by atoms with van der Waals surface area (Å²) in [5.74, 6) is -1.13. The standard InChI is InChI=1S/C14H10O4/c15-9-3-4-10-7(5-9)1-2-8-6-11(16)13(17)14(18)12(8)10/h1-6,15-18H. The minimum absolute atomic E-state index is 0.129. The quantitative estimate of drug-likeness (QED) is 0.361. The zero-order valence-electron chi connectivity index (χ0n) is 9.25. The summed E-state index contributed by atoms with van der Waals surface area (Å²) in [5.41, 5.74) is 0. The molecule has 0 aliphatic carbocycles. The lowest BCUT2D eigenvalue weighted by molar-refractivity contribution is 0.371. The van der Waals surface area contributed by atoms with Gasteiger partial charge in [0.2, 0.25) is 5.75 Å². The molecule has 4 heteroatoms. The number of hydrogen-bond donors (Lipinski definition) is 4. The molecule has 0 saturated heterocycles. The number of rotatable bonds is 0. The van der Waals surface area contributed by atoms with Crippen LogP contribution < -0.4 is 0 Å². The molecule has 0 saturated carbocycles. The van der Waals surface area contributed by atoms with Crippen molar-refractivity contribution >= 4 is 21.5 Å². The summed E-state index contributed by atoms with van der Waals surface area (Å²) in [5, 5.41) is 40.9. The van der Waals surface area contributed by atoms with Gasteiger partial charge in [-0.1, -0.05) is 12.1 Å². The third kappa shape index (κ3) is 1.32. The summed E-state index contributed by atoms with van der Waals surface area (Å²) in [6.07, 6.45) is 0. The minimum atomic E-state index is -0.539. The van der Waals surface area contributed by atoms with Gasteiger partial charge in [0, 0.05) is 5.39 Å². The van der Waals surface area contributed by atoms with Crippen molar-refractivity contribution in [3.05, 3.63) is 36.4 Å². The highest BCUT2D eigenvalue weighted by Crippen LogP contribution is 2.44. The number of hydrogen-bond acceptors (Lipinski definition) is 4. The number of benzene rings is 3. The maximum Gasteiger partial charge on any atom is 0.200 e. The zero-order chi connectivity index (χ0) is 12.9. The first-order chi connectivity index (χ1) is 8.58. The van der Waals surface area contributed by atoms with Gasteiger partial charge in [0.15, 0.2) is 11.5 Å². The molecule has 0 radical (unpaired) electrons. The van der Waals surface area contributed by atoms with Crippen LogP contribution in [0.15, 0.2) is 36.4 Å². The lowest BCUT2D eigenvalue weighted by atomic mass is 10.0. The third-order valence-corrected chi connectivity index (χ3v) is 3.03. The van der Waals surface area contributed by atoms with Gasteiger partial charge >= 0.3 is 0 Å². The summed E-state index contributed by atoms with van der Waals surface area (Å²) in [4.78, 5) is 0. The van der Waals surface area contributed by atoms with E-state index in [2.05, 4.69) is 0 Å². The van der Waals surface area contributed by atoms with E-state index in [-0.39, 0.29) is 17.2 Å². The highest BCUT2D eigenvalue weighted by atomic mass is 16.3. The van der Waals surface area contributed by atoms with E-state index in [1.165, 1.54) is 12.1 Å². The highest BCUT2D eigenvalue weighted by Gasteiger charge is 2.13. The van der Waals surface area contributed by atoms with E-state index in [9.17, 15) is 20.4 Å². The average molecular weight is 242 g/mol. The third-order valence-electron chi connectivity index (χ3n) is 3.03. The molecule has 18 heavy (non-hydrogen) atoms. The van der Waals surface area contributed by atoms with Gasteiger partial charge in [0.05, 0.1) is 0 Å². The van der Waals surface area contributed by atoms with Gasteiger partial charge in [-0.3, -0.25) is 0 Å². The fraction of sp³-hybridized carbons (Fsp3) is 0. The molecule has 0 amide bonds. The van der Waals surface area contributed by atoms with Crippen molar-refractivity contribution in [2.75, 3.05) is 0 Å². The van der Waals surface area contributed by atoms with Crippen molar-refractivity contribution < 1.29 is 20.4 Å². The molecular formula is C14H10O4. The molecule has 0 spiro atoms. The summed E-state index contributed by atoms with van der Waals surface area (Å²) < 4.78 is 0. The molecular weight excluding hydrogens is 232 g/mol. The minimum Gasteiger partial charge on any atom is -0.508 e. The van der Waals surface area contributed by atoms with Crippen molar-refractivity contribution in [2.24, 2.45) is 0 Å². The molecule has 0 aliphatic rings. The van der Waals surface area contributed by atoms with Crippen LogP contribution in [0.3, 0.4) is 0 Å². The van der Waals surface area contributed by atoms with Crippen molar-refractivity contribution in [1.29, 1.82) is 0 Å². The first kappa shape index (κ1) is 10.5. The van der Waals surface area contributed by atoms with Gasteiger partial charge in [-0.15, -0.1) is 0 Å². The summed E-state index contributed by atoms with van der Waals surface area (Å²) in [7, 11) is 0. The maximum absolute atomic E-state index is 9.93. The number of fused-ring (bicyclic) bond motifs is 3. The lowest BCUT2D eigenvalue weighted by Gasteiger charge is -2.09. The molecule has 4 nitrogen and oxygen atoms in total. The van der Waals surface area contributed by atoms with Gasteiger partial charge < -0.3 is 20.4 Å². The Labute approximate surface area is 102 Å². The summed E-state index contributed by atoms with van der Waals surface area (Å²) in [6.45, 7) is 0. The Morgan fingerprint density at radius 2 is 1.39 bits per heavy atom. The highest BCUT2D eigenvalue weighted by molar-refractivity contribution is 6.12. The predicted octanol–water partition coefficient (Wildman–Crippen LogP) is 2.82. The van der Waals surface area contributed by atoms with E-state index < -0.39 is 5.75 Å². The number of aromatic hydroxyl groups is 4. The molecule has 0 fully saturated rings. The molecule has 0 aliphatic heterocycles. The Kier molecular flexibility index (Phi) is 2.01. The lowest BCUT2D eigenvalue weighted by Crippen LogP contribution is -1.81. The van der Waals surface area contributed by atoms with Crippen LogP contribution in [0, 0.1) is 0 Å². The SMILES string of the molecule is Oc1ccc2c(ccc3cc(O)c(O)c(O)c32)c1. The molecule has 3 aromatic carbocycles. The van der Waals surface area contributed by atoms with Crippen LogP contribution in [-0.4, -0.2) is 20.4 Å².